The molecule has 0 aliphatic carbocycles. The molecule has 2 saturated heterocycles. The van der Waals surface area contributed by atoms with E-state index in [1.807, 2.05) is 0 Å². The van der Waals surface area contributed by atoms with E-state index in [0.29, 0.717) is 12.0 Å². The number of nitrogens with one attached hydrogen (secondary N) is 3. The van der Waals surface area contributed by atoms with E-state index in [-0.39, 0.29) is 0 Å². The monoisotopic (exact) mass is 288 g/mol. The average Bonchev–Trinajstić information content (AvgIpc) is 3.17. The first kappa shape index (κ1) is 15.0. The van der Waals surface area contributed by atoms with E-state index in [9.17, 15) is 0 Å². The molecule has 4 heteroatoms. The SMILES string of the molecule is CCN1CCC(CNCC2CNNC2c2ccccc2)C1. The maximum atomic E-state index is 3.71. The molecule has 3 atom stereocenters. The summed E-state index contributed by atoms with van der Waals surface area (Å²) in [5.41, 5.74) is 8.12. The zero-order valence-electron chi connectivity index (χ0n) is 13.0. The van der Waals surface area contributed by atoms with Gasteiger partial charge in [-0.15, -0.1) is 0 Å². The number of benzene rings is 1. The van der Waals surface area contributed by atoms with Crippen LogP contribution in [0.3, 0.4) is 0 Å². The molecule has 2 aliphatic heterocycles. The Balaban J connectivity index is 1.44. The van der Waals surface area contributed by atoms with Crippen molar-refractivity contribution in [3.63, 3.8) is 0 Å². The summed E-state index contributed by atoms with van der Waals surface area (Å²) in [5.74, 6) is 1.46. The molecular formula is C17H28N4. The fourth-order valence-electron chi connectivity index (χ4n) is 3.58. The Morgan fingerprint density at radius 3 is 2.86 bits per heavy atom. The summed E-state index contributed by atoms with van der Waals surface area (Å²) in [4.78, 5) is 2.55. The molecule has 21 heavy (non-hydrogen) atoms. The number of rotatable bonds is 6. The maximum Gasteiger partial charge on any atom is 0.0515 e. The zero-order chi connectivity index (χ0) is 14.5. The minimum atomic E-state index is 0.425. The van der Waals surface area contributed by atoms with Gasteiger partial charge in [0.05, 0.1) is 6.04 Å². The Bertz CT molecular complexity index is 422. The standard InChI is InChI=1S/C17H28N4/c1-2-21-9-8-14(13-21)10-18-11-16-12-19-20-17(16)15-6-4-3-5-7-15/h3-7,14,16-20H,2,8-13H2,1H3. The summed E-state index contributed by atoms with van der Waals surface area (Å²) in [6.45, 7) is 9.29. The highest BCUT2D eigenvalue weighted by Gasteiger charge is 2.28. The largest absolute Gasteiger partial charge is 0.316 e. The fraction of sp³-hybridized carbons (Fsp3) is 0.647. The van der Waals surface area contributed by atoms with E-state index >= 15 is 0 Å². The molecule has 0 aromatic heterocycles. The molecule has 3 rings (SSSR count). The molecule has 0 spiro atoms. The normalized spacial score (nSPS) is 30.0. The average molecular weight is 288 g/mol. The Labute approximate surface area is 128 Å². The summed E-state index contributed by atoms with van der Waals surface area (Å²) in [7, 11) is 0. The molecule has 3 N–H and O–H groups in total. The van der Waals surface area contributed by atoms with Crippen molar-refractivity contribution in [2.45, 2.75) is 19.4 Å². The third-order valence-corrected chi connectivity index (χ3v) is 4.91. The van der Waals surface area contributed by atoms with Crippen molar-refractivity contribution in [2.75, 3.05) is 39.3 Å². The Morgan fingerprint density at radius 2 is 2.10 bits per heavy atom. The Kier molecular flexibility index (Phi) is 5.25. The van der Waals surface area contributed by atoms with E-state index in [4.69, 9.17) is 0 Å². The van der Waals surface area contributed by atoms with Crippen LogP contribution in [0.5, 0.6) is 0 Å². The lowest BCUT2D eigenvalue weighted by Gasteiger charge is -2.20. The highest BCUT2D eigenvalue weighted by atomic mass is 15.4. The zero-order valence-corrected chi connectivity index (χ0v) is 13.0. The second-order valence-electron chi connectivity index (χ2n) is 6.38. The predicted octanol–water partition coefficient (Wildman–Crippen LogP) is 1.38. The van der Waals surface area contributed by atoms with Crippen molar-refractivity contribution < 1.29 is 0 Å². The molecule has 0 bridgehead atoms. The summed E-state index contributed by atoms with van der Waals surface area (Å²) in [5, 5.41) is 3.71. The van der Waals surface area contributed by atoms with Crippen molar-refractivity contribution >= 4 is 0 Å². The molecule has 1 aromatic carbocycles. The molecule has 4 nitrogen and oxygen atoms in total. The van der Waals surface area contributed by atoms with Crippen molar-refractivity contribution in [3.05, 3.63) is 35.9 Å². The first-order chi connectivity index (χ1) is 10.4. The van der Waals surface area contributed by atoms with E-state index in [0.717, 1.165) is 25.6 Å². The molecule has 116 valence electrons. The summed E-state index contributed by atoms with van der Waals surface area (Å²) in [6.07, 6.45) is 1.35. The molecule has 2 aliphatic rings. The van der Waals surface area contributed by atoms with Gasteiger partial charge in [-0.05, 0) is 37.5 Å². The van der Waals surface area contributed by atoms with Crippen LogP contribution in [0.1, 0.15) is 24.9 Å². The molecular weight excluding hydrogens is 260 g/mol. The van der Waals surface area contributed by atoms with Crippen LogP contribution in [0.4, 0.5) is 0 Å². The lowest BCUT2D eigenvalue weighted by molar-refractivity contribution is 0.335. The lowest BCUT2D eigenvalue weighted by Crippen LogP contribution is -2.32. The summed E-state index contributed by atoms with van der Waals surface area (Å²) < 4.78 is 0. The molecule has 0 saturated carbocycles. The highest BCUT2D eigenvalue weighted by Crippen LogP contribution is 2.24. The summed E-state index contributed by atoms with van der Waals surface area (Å²) in [6, 6.07) is 11.2. The first-order valence-electron chi connectivity index (χ1n) is 8.33. The van der Waals surface area contributed by atoms with Gasteiger partial charge in [0.2, 0.25) is 0 Å². The third kappa shape index (κ3) is 3.83. The van der Waals surface area contributed by atoms with Crippen LogP contribution in [0.15, 0.2) is 30.3 Å². The highest BCUT2D eigenvalue weighted by molar-refractivity contribution is 5.20. The van der Waals surface area contributed by atoms with Gasteiger partial charge >= 0.3 is 0 Å². The van der Waals surface area contributed by atoms with E-state index in [1.54, 1.807) is 0 Å². The van der Waals surface area contributed by atoms with Gasteiger partial charge in [-0.3, -0.25) is 5.43 Å². The molecule has 0 radical (unpaired) electrons. The Hall–Kier alpha value is -0.940. The van der Waals surface area contributed by atoms with Crippen LogP contribution in [-0.2, 0) is 0 Å². The molecule has 0 amide bonds. The molecule has 2 heterocycles. The smallest absolute Gasteiger partial charge is 0.0515 e. The van der Waals surface area contributed by atoms with Gasteiger partial charge in [0.15, 0.2) is 0 Å². The minimum absolute atomic E-state index is 0.425. The van der Waals surface area contributed by atoms with E-state index < -0.39 is 0 Å². The van der Waals surface area contributed by atoms with Gasteiger partial charge in [0.25, 0.3) is 0 Å². The number of hydrazine groups is 1. The topological polar surface area (TPSA) is 39.3 Å². The number of likely N-dealkylation sites (tertiary alicyclic amines) is 1. The van der Waals surface area contributed by atoms with Crippen molar-refractivity contribution in [1.82, 2.24) is 21.1 Å². The van der Waals surface area contributed by atoms with Gasteiger partial charge in [0.1, 0.15) is 0 Å². The van der Waals surface area contributed by atoms with Crippen LogP contribution < -0.4 is 16.2 Å². The van der Waals surface area contributed by atoms with Crippen molar-refractivity contribution in [1.29, 1.82) is 0 Å². The third-order valence-electron chi connectivity index (χ3n) is 4.91. The maximum absolute atomic E-state index is 3.71. The van der Waals surface area contributed by atoms with Crippen LogP contribution in [0.2, 0.25) is 0 Å². The number of hydrogen-bond donors (Lipinski definition) is 3. The van der Waals surface area contributed by atoms with Crippen molar-refractivity contribution in [2.24, 2.45) is 11.8 Å². The van der Waals surface area contributed by atoms with Gasteiger partial charge in [-0.25, -0.2) is 5.43 Å². The fourth-order valence-corrected chi connectivity index (χ4v) is 3.58. The van der Waals surface area contributed by atoms with Gasteiger partial charge in [-0.2, -0.15) is 0 Å². The van der Waals surface area contributed by atoms with Gasteiger partial charge in [0, 0.05) is 25.6 Å². The summed E-state index contributed by atoms with van der Waals surface area (Å²) >= 11 is 0. The van der Waals surface area contributed by atoms with Gasteiger partial charge in [-0.1, -0.05) is 37.3 Å². The second-order valence-corrected chi connectivity index (χ2v) is 6.38. The number of hydrogen-bond acceptors (Lipinski definition) is 4. The Morgan fingerprint density at radius 1 is 1.24 bits per heavy atom. The second kappa shape index (κ2) is 7.36. The van der Waals surface area contributed by atoms with Crippen LogP contribution in [0, 0.1) is 11.8 Å². The quantitative estimate of drug-likeness (QED) is 0.740. The molecule has 2 fully saturated rings. The molecule has 3 unspecified atom stereocenters. The van der Waals surface area contributed by atoms with Crippen molar-refractivity contribution in [3.8, 4) is 0 Å². The van der Waals surface area contributed by atoms with Crippen LogP contribution >= 0.6 is 0 Å². The van der Waals surface area contributed by atoms with Gasteiger partial charge < -0.3 is 10.2 Å². The number of nitrogens with zero attached hydrogens (tertiary/aromatic N) is 1. The van der Waals surface area contributed by atoms with Crippen LogP contribution in [-0.4, -0.2) is 44.2 Å². The lowest BCUT2D eigenvalue weighted by atomic mass is 9.95. The first-order valence-corrected chi connectivity index (χ1v) is 8.33. The predicted molar refractivity (Wildman–Crippen MR) is 86.9 cm³/mol. The van der Waals surface area contributed by atoms with E-state index in [1.165, 1.54) is 31.6 Å². The minimum Gasteiger partial charge on any atom is -0.316 e. The van der Waals surface area contributed by atoms with Crippen LogP contribution in [0.25, 0.3) is 0 Å². The van der Waals surface area contributed by atoms with E-state index in [2.05, 4.69) is 58.3 Å². The molecule has 1 aromatic rings.